The molecule has 2 saturated heterocycles. The molecule has 7 heteroatoms. The number of rotatable bonds is 6. The number of carbonyl (C=O) groups is 2. The molecule has 1 N–H and O–H groups in total. The Morgan fingerprint density at radius 3 is 2.43 bits per heavy atom. The number of benzene rings is 2. The fourth-order valence-corrected chi connectivity index (χ4v) is 4.37. The van der Waals surface area contributed by atoms with Gasteiger partial charge in [-0.2, -0.15) is 0 Å². The van der Waals surface area contributed by atoms with E-state index in [1.54, 1.807) is 11.0 Å². The Balaban J connectivity index is 1.20. The van der Waals surface area contributed by atoms with Crippen molar-refractivity contribution in [3.63, 3.8) is 0 Å². The molecule has 4 rings (SSSR count). The van der Waals surface area contributed by atoms with Crippen molar-refractivity contribution in [1.82, 2.24) is 10.2 Å². The summed E-state index contributed by atoms with van der Waals surface area (Å²) in [4.78, 5) is 31.3. The number of nitrogens with zero attached hydrogens (tertiary/aromatic N) is 3. The van der Waals surface area contributed by atoms with E-state index in [-0.39, 0.29) is 24.2 Å². The van der Waals surface area contributed by atoms with Crippen molar-refractivity contribution in [3.05, 3.63) is 59.6 Å². The van der Waals surface area contributed by atoms with Gasteiger partial charge in [0.25, 0.3) is 0 Å². The fourth-order valence-electron chi connectivity index (χ4n) is 4.14. The van der Waals surface area contributed by atoms with Crippen LogP contribution in [0.1, 0.15) is 6.42 Å². The summed E-state index contributed by atoms with van der Waals surface area (Å²) in [5, 5.41) is 3.55. The maximum Gasteiger partial charge on any atom is 0.227 e. The minimum absolute atomic E-state index is 0.0548. The quantitative estimate of drug-likeness (QED) is 0.771. The Morgan fingerprint density at radius 2 is 1.70 bits per heavy atom. The van der Waals surface area contributed by atoms with Gasteiger partial charge in [-0.15, -0.1) is 0 Å². The van der Waals surface area contributed by atoms with Crippen LogP contribution in [0, 0.1) is 5.92 Å². The highest BCUT2D eigenvalue weighted by Crippen LogP contribution is 2.31. The zero-order chi connectivity index (χ0) is 20.9. The highest BCUT2D eigenvalue weighted by molar-refractivity contribution is 6.33. The molecule has 0 radical (unpaired) electrons. The van der Waals surface area contributed by atoms with Crippen molar-refractivity contribution in [2.75, 3.05) is 55.6 Å². The van der Waals surface area contributed by atoms with E-state index in [4.69, 9.17) is 11.6 Å². The van der Waals surface area contributed by atoms with Crippen molar-refractivity contribution in [3.8, 4) is 0 Å². The zero-order valence-corrected chi connectivity index (χ0v) is 17.7. The lowest BCUT2D eigenvalue weighted by Crippen LogP contribution is -2.48. The number of nitrogens with one attached hydrogen (secondary N) is 1. The molecule has 2 aromatic carbocycles. The molecule has 0 spiro atoms. The van der Waals surface area contributed by atoms with Gasteiger partial charge in [-0.1, -0.05) is 41.9 Å². The molecule has 2 amide bonds. The largest absolute Gasteiger partial charge is 0.369 e. The van der Waals surface area contributed by atoms with E-state index in [1.807, 2.05) is 24.3 Å². The minimum Gasteiger partial charge on any atom is -0.369 e. The monoisotopic (exact) mass is 426 g/mol. The lowest BCUT2D eigenvalue weighted by Gasteiger charge is -2.36. The molecule has 2 aliphatic rings. The summed E-state index contributed by atoms with van der Waals surface area (Å²) in [7, 11) is 0. The third kappa shape index (κ3) is 4.77. The van der Waals surface area contributed by atoms with Crippen LogP contribution in [-0.4, -0.2) is 62.5 Å². The molecule has 2 aliphatic heterocycles. The van der Waals surface area contributed by atoms with Crippen LogP contribution in [0.2, 0.25) is 5.02 Å². The van der Waals surface area contributed by atoms with Gasteiger partial charge in [0.05, 0.1) is 16.6 Å². The van der Waals surface area contributed by atoms with Gasteiger partial charge in [-0.25, -0.2) is 0 Å². The number of piperazine rings is 1. The molecule has 1 unspecified atom stereocenters. The van der Waals surface area contributed by atoms with Gasteiger partial charge in [0.15, 0.2) is 0 Å². The molecule has 0 aliphatic carbocycles. The van der Waals surface area contributed by atoms with Gasteiger partial charge in [-0.3, -0.25) is 14.5 Å². The van der Waals surface area contributed by atoms with Crippen LogP contribution in [-0.2, 0) is 9.59 Å². The average Bonchev–Trinajstić information content (AvgIpc) is 3.17. The fraction of sp³-hybridized carbons (Fsp3) is 0.391. The summed E-state index contributed by atoms with van der Waals surface area (Å²) >= 11 is 6.21. The average molecular weight is 427 g/mol. The molecule has 2 fully saturated rings. The van der Waals surface area contributed by atoms with Gasteiger partial charge in [0, 0.05) is 57.9 Å². The molecular weight excluding hydrogens is 400 g/mol. The standard InChI is InChI=1S/C23H27ClN4O2/c24-20-8-4-5-9-21(20)28-17-18(16-22(28)29)23(30)25-10-11-26-12-14-27(15-13-26)19-6-2-1-3-7-19/h1-9,18H,10-17H2,(H,25,30). The van der Waals surface area contributed by atoms with E-state index in [0.29, 0.717) is 23.8 Å². The van der Waals surface area contributed by atoms with Crippen LogP contribution in [0.3, 0.4) is 0 Å². The Bertz CT molecular complexity index is 884. The summed E-state index contributed by atoms with van der Waals surface area (Å²) in [6.07, 6.45) is 0.229. The Kier molecular flexibility index (Phi) is 6.55. The van der Waals surface area contributed by atoms with Crippen molar-refractivity contribution < 1.29 is 9.59 Å². The van der Waals surface area contributed by atoms with Crippen LogP contribution >= 0.6 is 11.6 Å². The second-order valence-electron chi connectivity index (χ2n) is 7.81. The molecular formula is C23H27ClN4O2. The van der Waals surface area contributed by atoms with Gasteiger partial charge < -0.3 is 15.1 Å². The van der Waals surface area contributed by atoms with Crippen molar-refractivity contribution in [1.29, 1.82) is 0 Å². The summed E-state index contributed by atoms with van der Waals surface area (Å²) < 4.78 is 0. The highest BCUT2D eigenvalue weighted by Gasteiger charge is 2.35. The third-order valence-corrected chi connectivity index (χ3v) is 6.18. The second-order valence-corrected chi connectivity index (χ2v) is 8.22. The van der Waals surface area contributed by atoms with Crippen LogP contribution in [0.5, 0.6) is 0 Å². The van der Waals surface area contributed by atoms with Gasteiger partial charge in [0.2, 0.25) is 11.8 Å². The first kappa shape index (κ1) is 20.7. The van der Waals surface area contributed by atoms with Gasteiger partial charge in [-0.05, 0) is 24.3 Å². The summed E-state index contributed by atoms with van der Waals surface area (Å²) in [5.41, 5.74) is 1.94. The first-order chi connectivity index (χ1) is 14.6. The first-order valence-corrected chi connectivity index (χ1v) is 10.8. The van der Waals surface area contributed by atoms with Crippen molar-refractivity contribution in [2.24, 2.45) is 5.92 Å². The summed E-state index contributed by atoms with van der Waals surface area (Å²) in [6.45, 7) is 5.73. The normalized spacial score (nSPS) is 19.9. The van der Waals surface area contributed by atoms with E-state index >= 15 is 0 Å². The van der Waals surface area contributed by atoms with Gasteiger partial charge >= 0.3 is 0 Å². The predicted molar refractivity (Wildman–Crippen MR) is 120 cm³/mol. The first-order valence-electron chi connectivity index (χ1n) is 10.5. The Labute approximate surface area is 182 Å². The second kappa shape index (κ2) is 9.49. The lowest BCUT2D eigenvalue weighted by molar-refractivity contribution is -0.126. The number of hydrogen-bond acceptors (Lipinski definition) is 4. The van der Waals surface area contributed by atoms with Crippen LogP contribution in [0.4, 0.5) is 11.4 Å². The molecule has 158 valence electrons. The van der Waals surface area contributed by atoms with Crippen LogP contribution < -0.4 is 15.1 Å². The van der Waals surface area contributed by atoms with E-state index in [2.05, 4.69) is 39.4 Å². The molecule has 2 heterocycles. The predicted octanol–water partition coefficient (Wildman–Crippen LogP) is 2.63. The zero-order valence-electron chi connectivity index (χ0n) is 17.0. The van der Waals surface area contributed by atoms with E-state index in [0.717, 1.165) is 32.7 Å². The molecule has 2 aromatic rings. The maximum absolute atomic E-state index is 12.6. The summed E-state index contributed by atoms with van der Waals surface area (Å²) in [6, 6.07) is 17.7. The smallest absolute Gasteiger partial charge is 0.227 e. The lowest BCUT2D eigenvalue weighted by atomic mass is 10.1. The maximum atomic E-state index is 12.6. The summed E-state index contributed by atoms with van der Waals surface area (Å²) in [5.74, 6) is -0.440. The Morgan fingerprint density at radius 1 is 1.00 bits per heavy atom. The molecule has 30 heavy (non-hydrogen) atoms. The molecule has 1 atom stereocenters. The molecule has 0 saturated carbocycles. The number of para-hydroxylation sites is 2. The SMILES string of the molecule is O=C(NCCN1CCN(c2ccccc2)CC1)C1CC(=O)N(c2ccccc2Cl)C1. The number of anilines is 2. The van der Waals surface area contributed by atoms with E-state index in [9.17, 15) is 9.59 Å². The number of hydrogen-bond donors (Lipinski definition) is 1. The number of halogens is 1. The topological polar surface area (TPSA) is 55.9 Å². The van der Waals surface area contributed by atoms with Crippen LogP contribution in [0.25, 0.3) is 0 Å². The van der Waals surface area contributed by atoms with Crippen molar-refractivity contribution >= 4 is 34.8 Å². The molecule has 0 aromatic heterocycles. The highest BCUT2D eigenvalue weighted by atomic mass is 35.5. The van der Waals surface area contributed by atoms with Crippen LogP contribution in [0.15, 0.2) is 54.6 Å². The molecule has 0 bridgehead atoms. The minimum atomic E-state index is -0.330. The van der Waals surface area contributed by atoms with E-state index < -0.39 is 0 Å². The Hall–Kier alpha value is -2.57. The van der Waals surface area contributed by atoms with Gasteiger partial charge in [0.1, 0.15) is 0 Å². The number of carbonyl (C=O) groups excluding carboxylic acids is 2. The number of amides is 2. The van der Waals surface area contributed by atoms with Crippen molar-refractivity contribution in [2.45, 2.75) is 6.42 Å². The third-order valence-electron chi connectivity index (χ3n) is 5.86. The van der Waals surface area contributed by atoms with E-state index in [1.165, 1.54) is 5.69 Å². The molecule has 6 nitrogen and oxygen atoms in total.